The fourth-order valence-corrected chi connectivity index (χ4v) is 4.03. The first-order valence-corrected chi connectivity index (χ1v) is 11.7. The summed E-state index contributed by atoms with van der Waals surface area (Å²) in [7, 11) is 0. The number of Topliss-reactive ketones (excluding diaryl/α,β-unsaturated/α-hetero) is 1. The van der Waals surface area contributed by atoms with Crippen molar-refractivity contribution < 1.29 is 30.0 Å². The van der Waals surface area contributed by atoms with Crippen molar-refractivity contribution in [1.82, 2.24) is 5.32 Å². The van der Waals surface area contributed by atoms with Crippen molar-refractivity contribution in [3.8, 4) is 0 Å². The van der Waals surface area contributed by atoms with Crippen LogP contribution in [-0.2, 0) is 16.0 Å². The number of carbonyl (C=O) groups excluding carboxylic acids is 2. The first-order chi connectivity index (χ1) is 15.9. The van der Waals surface area contributed by atoms with Gasteiger partial charge in [0.05, 0.1) is 31.5 Å². The van der Waals surface area contributed by atoms with Crippen molar-refractivity contribution in [2.45, 2.75) is 63.2 Å². The Bertz CT molecular complexity index is 774. The molecule has 7 nitrogen and oxygen atoms in total. The molecule has 7 heteroatoms. The quantitative estimate of drug-likeness (QED) is 0.213. The summed E-state index contributed by atoms with van der Waals surface area (Å²) in [5.74, 6) is -0.819. The maximum atomic E-state index is 12.3. The number of unbranched alkanes of at least 4 members (excludes halogenated alkanes) is 1. The minimum atomic E-state index is -0.733. The van der Waals surface area contributed by atoms with Crippen molar-refractivity contribution in [2.75, 3.05) is 13.2 Å². The first kappa shape index (κ1) is 26.9. The fourth-order valence-electron chi connectivity index (χ4n) is 4.03. The number of carbonyl (C=O) groups is 2. The Morgan fingerprint density at radius 2 is 1.88 bits per heavy atom. The Hall–Kier alpha value is -2.32. The minimum absolute atomic E-state index is 0.0269. The van der Waals surface area contributed by atoms with Crippen LogP contribution in [0.25, 0.3) is 0 Å². The van der Waals surface area contributed by atoms with Crippen LogP contribution in [0.15, 0.2) is 54.6 Å². The normalized spacial score (nSPS) is 22.0. The molecule has 0 aliphatic heterocycles. The highest BCUT2D eigenvalue weighted by atomic mass is 16.3. The van der Waals surface area contributed by atoms with Crippen molar-refractivity contribution in [3.63, 3.8) is 0 Å². The molecule has 1 amide bonds. The molecule has 1 aliphatic rings. The first-order valence-electron chi connectivity index (χ1n) is 11.7. The van der Waals surface area contributed by atoms with E-state index in [1.807, 2.05) is 42.5 Å². The number of hydrogen-bond donors (Lipinski definition) is 5. The Morgan fingerprint density at radius 1 is 1.15 bits per heavy atom. The van der Waals surface area contributed by atoms with E-state index in [9.17, 15) is 19.8 Å². The second-order valence-corrected chi connectivity index (χ2v) is 8.63. The molecule has 1 unspecified atom stereocenters. The molecule has 0 heterocycles. The van der Waals surface area contributed by atoms with Gasteiger partial charge in [-0.25, -0.2) is 0 Å². The van der Waals surface area contributed by atoms with Gasteiger partial charge in [-0.05, 0) is 37.7 Å². The van der Waals surface area contributed by atoms with E-state index in [0.29, 0.717) is 25.7 Å². The van der Waals surface area contributed by atoms with Gasteiger partial charge >= 0.3 is 0 Å². The summed E-state index contributed by atoms with van der Waals surface area (Å²) >= 11 is 0. The van der Waals surface area contributed by atoms with Crippen LogP contribution < -0.4 is 5.32 Å². The number of rotatable bonds is 14. The second-order valence-electron chi connectivity index (χ2n) is 8.63. The SMILES string of the molecule is O=C(CCC/C=C\C[C@H]1C(=O)C[C@@H](O)C1/C=C/[C@@H](O)CCc1ccccc1)NC(CO)CO. The molecule has 1 aliphatic carbocycles. The van der Waals surface area contributed by atoms with Gasteiger partial charge in [-0.15, -0.1) is 0 Å². The highest BCUT2D eigenvalue weighted by Crippen LogP contribution is 2.33. The lowest BCUT2D eigenvalue weighted by molar-refractivity contribution is -0.122. The van der Waals surface area contributed by atoms with E-state index in [0.717, 1.165) is 12.0 Å². The van der Waals surface area contributed by atoms with Gasteiger partial charge in [0.25, 0.3) is 0 Å². The molecule has 182 valence electrons. The van der Waals surface area contributed by atoms with Gasteiger partial charge in [0, 0.05) is 24.7 Å². The summed E-state index contributed by atoms with van der Waals surface area (Å²) in [6, 6.07) is 9.30. The van der Waals surface area contributed by atoms with Crippen LogP contribution in [0.5, 0.6) is 0 Å². The topological polar surface area (TPSA) is 127 Å². The molecule has 0 spiro atoms. The van der Waals surface area contributed by atoms with E-state index in [-0.39, 0.29) is 49.6 Å². The van der Waals surface area contributed by atoms with Crippen LogP contribution in [0.4, 0.5) is 0 Å². The predicted molar refractivity (Wildman–Crippen MR) is 126 cm³/mol. The molecule has 1 aromatic rings. The van der Waals surface area contributed by atoms with E-state index in [4.69, 9.17) is 10.2 Å². The summed E-state index contributed by atoms with van der Waals surface area (Å²) in [6.07, 6.45) is 9.48. The molecular weight excluding hydrogens is 422 g/mol. The molecular formula is C26H37NO6. The number of aliphatic hydroxyl groups excluding tert-OH is 4. The van der Waals surface area contributed by atoms with E-state index in [1.54, 1.807) is 12.2 Å². The lowest BCUT2D eigenvalue weighted by Gasteiger charge is -2.16. The lowest BCUT2D eigenvalue weighted by atomic mass is 9.90. The smallest absolute Gasteiger partial charge is 0.220 e. The summed E-state index contributed by atoms with van der Waals surface area (Å²) < 4.78 is 0. The molecule has 1 saturated carbocycles. The van der Waals surface area contributed by atoms with Crippen LogP contribution in [0.3, 0.4) is 0 Å². The Kier molecular flexibility index (Phi) is 12.0. The van der Waals surface area contributed by atoms with Crippen LogP contribution in [0.2, 0.25) is 0 Å². The zero-order valence-electron chi connectivity index (χ0n) is 19.1. The van der Waals surface area contributed by atoms with E-state index in [2.05, 4.69) is 5.32 Å². The molecule has 1 fully saturated rings. The van der Waals surface area contributed by atoms with Gasteiger partial charge in [-0.2, -0.15) is 0 Å². The largest absolute Gasteiger partial charge is 0.394 e. The maximum absolute atomic E-state index is 12.3. The third kappa shape index (κ3) is 9.60. The van der Waals surface area contributed by atoms with Crippen molar-refractivity contribution in [3.05, 3.63) is 60.2 Å². The van der Waals surface area contributed by atoms with Gasteiger partial charge in [0.15, 0.2) is 0 Å². The van der Waals surface area contributed by atoms with Gasteiger partial charge in [0.1, 0.15) is 5.78 Å². The minimum Gasteiger partial charge on any atom is -0.394 e. The molecule has 2 rings (SSSR count). The van der Waals surface area contributed by atoms with Crippen LogP contribution in [0, 0.1) is 11.8 Å². The third-order valence-corrected chi connectivity index (χ3v) is 6.00. The summed E-state index contributed by atoms with van der Waals surface area (Å²) in [5, 5.41) is 41.1. The third-order valence-electron chi connectivity index (χ3n) is 6.00. The maximum Gasteiger partial charge on any atom is 0.220 e. The molecule has 0 radical (unpaired) electrons. The van der Waals surface area contributed by atoms with Crippen molar-refractivity contribution in [2.24, 2.45) is 11.8 Å². The monoisotopic (exact) mass is 459 g/mol. The number of aryl methyl sites for hydroxylation is 1. The fraction of sp³-hybridized carbons (Fsp3) is 0.538. The van der Waals surface area contributed by atoms with Crippen LogP contribution >= 0.6 is 0 Å². The number of ketones is 1. The van der Waals surface area contributed by atoms with Crippen LogP contribution in [0.1, 0.15) is 44.1 Å². The highest BCUT2D eigenvalue weighted by molar-refractivity contribution is 5.84. The standard InChI is InChI=1S/C26H37NO6/c28-17-20(18-29)27-26(33)11-7-2-1-6-10-22-23(25(32)16-24(22)31)15-14-21(30)13-12-19-8-4-3-5-9-19/h1,3-6,8-9,14-15,20-23,25,28-30,32H,2,7,10-13,16-18H2,(H,27,33)/b6-1-,15-14+/t21-,22+,23?,25+/m0/s1. The van der Waals surface area contributed by atoms with Gasteiger partial charge in [0.2, 0.25) is 5.91 Å². The molecule has 4 atom stereocenters. The van der Waals surface area contributed by atoms with Gasteiger partial charge < -0.3 is 25.7 Å². The number of nitrogens with one attached hydrogen (secondary N) is 1. The molecule has 0 saturated heterocycles. The molecule has 1 aromatic carbocycles. The van der Waals surface area contributed by atoms with Crippen LogP contribution in [-0.4, -0.2) is 63.6 Å². The number of hydrogen-bond acceptors (Lipinski definition) is 6. The Balaban J connectivity index is 1.75. The number of benzene rings is 1. The Labute approximate surface area is 195 Å². The van der Waals surface area contributed by atoms with Crippen molar-refractivity contribution in [1.29, 1.82) is 0 Å². The highest BCUT2D eigenvalue weighted by Gasteiger charge is 2.39. The molecule has 5 N–H and O–H groups in total. The van der Waals surface area contributed by atoms with Gasteiger partial charge in [-0.3, -0.25) is 9.59 Å². The zero-order valence-corrected chi connectivity index (χ0v) is 19.1. The average Bonchev–Trinajstić information content (AvgIpc) is 3.09. The zero-order chi connectivity index (χ0) is 24.1. The number of amides is 1. The number of aliphatic hydroxyl groups is 4. The Morgan fingerprint density at radius 3 is 2.58 bits per heavy atom. The van der Waals surface area contributed by atoms with Crippen molar-refractivity contribution >= 4 is 11.7 Å². The second kappa shape index (κ2) is 14.8. The summed E-state index contributed by atoms with van der Waals surface area (Å²) in [5.41, 5.74) is 1.16. The number of allylic oxidation sites excluding steroid dienone is 2. The molecule has 0 aromatic heterocycles. The van der Waals surface area contributed by atoms with E-state index < -0.39 is 18.2 Å². The van der Waals surface area contributed by atoms with E-state index in [1.165, 1.54) is 0 Å². The predicted octanol–water partition coefficient (Wildman–Crippen LogP) is 1.69. The van der Waals surface area contributed by atoms with E-state index >= 15 is 0 Å². The summed E-state index contributed by atoms with van der Waals surface area (Å²) in [6.45, 7) is -0.605. The van der Waals surface area contributed by atoms with Gasteiger partial charge in [-0.1, -0.05) is 54.6 Å². The average molecular weight is 460 g/mol. The molecule has 0 bridgehead atoms. The summed E-state index contributed by atoms with van der Waals surface area (Å²) in [4.78, 5) is 24.1. The molecule has 33 heavy (non-hydrogen) atoms. The lowest BCUT2D eigenvalue weighted by Crippen LogP contribution is -2.39.